The van der Waals surface area contributed by atoms with Crippen molar-refractivity contribution in [2.24, 2.45) is 0 Å². The average Bonchev–Trinajstić information content (AvgIpc) is 3.03. The second-order valence-corrected chi connectivity index (χ2v) is 5.23. The molecule has 0 saturated heterocycles. The molecule has 6 heteroatoms. The minimum atomic E-state index is -0.0124. The Morgan fingerprint density at radius 2 is 1.96 bits per heavy atom. The number of aromatic nitrogens is 4. The number of aliphatic hydroxyl groups is 1. The van der Waals surface area contributed by atoms with Crippen LogP contribution in [0.25, 0.3) is 11.4 Å². The van der Waals surface area contributed by atoms with Crippen LogP contribution in [-0.4, -0.2) is 31.9 Å². The molecule has 0 spiro atoms. The molecule has 0 unspecified atom stereocenters. The van der Waals surface area contributed by atoms with Crippen LogP contribution in [0.2, 0.25) is 0 Å². The molecule has 6 nitrogen and oxygen atoms in total. The SMILES string of the molecule is Cc1cccc(COc2ccc(-c3nnn(CCO)n3)cc2)c1. The van der Waals surface area contributed by atoms with Gasteiger partial charge in [-0.05, 0) is 42.0 Å². The Labute approximate surface area is 134 Å². The first-order valence-corrected chi connectivity index (χ1v) is 7.42. The Balaban J connectivity index is 1.64. The molecule has 0 amide bonds. The third-order valence-electron chi connectivity index (χ3n) is 3.35. The molecule has 0 fully saturated rings. The van der Waals surface area contributed by atoms with Crippen LogP contribution in [0.15, 0.2) is 48.5 Å². The summed E-state index contributed by atoms with van der Waals surface area (Å²) in [4.78, 5) is 1.37. The van der Waals surface area contributed by atoms with Crippen molar-refractivity contribution in [1.82, 2.24) is 20.2 Å². The first-order valence-electron chi connectivity index (χ1n) is 7.42. The average molecular weight is 310 g/mol. The second kappa shape index (κ2) is 7.02. The number of hydrogen-bond acceptors (Lipinski definition) is 5. The molecular weight excluding hydrogens is 292 g/mol. The Bertz CT molecular complexity index is 768. The third-order valence-corrected chi connectivity index (χ3v) is 3.35. The zero-order valence-electron chi connectivity index (χ0n) is 12.9. The van der Waals surface area contributed by atoms with Crippen molar-refractivity contribution < 1.29 is 9.84 Å². The summed E-state index contributed by atoms with van der Waals surface area (Å²) in [6.45, 7) is 2.92. The highest BCUT2D eigenvalue weighted by Gasteiger charge is 2.06. The minimum absolute atomic E-state index is 0.0124. The summed E-state index contributed by atoms with van der Waals surface area (Å²) in [5.74, 6) is 1.32. The van der Waals surface area contributed by atoms with Gasteiger partial charge in [0.2, 0.25) is 5.82 Å². The van der Waals surface area contributed by atoms with Gasteiger partial charge in [0, 0.05) is 5.56 Å². The maximum absolute atomic E-state index is 8.86. The normalized spacial score (nSPS) is 10.7. The summed E-state index contributed by atoms with van der Waals surface area (Å²) in [6, 6.07) is 15.8. The molecule has 1 heterocycles. The molecular formula is C17H18N4O2. The van der Waals surface area contributed by atoms with Gasteiger partial charge in [0.05, 0.1) is 13.2 Å². The quantitative estimate of drug-likeness (QED) is 0.756. The van der Waals surface area contributed by atoms with E-state index in [2.05, 4.69) is 34.5 Å². The number of nitrogens with zero attached hydrogens (tertiary/aromatic N) is 4. The van der Waals surface area contributed by atoms with Gasteiger partial charge in [-0.25, -0.2) is 0 Å². The van der Waals surface area contributed by atoms with E-state index in [9.17, 15) is 0 Å². The Morgan fingerprint density at radius 3 is 2.70 bits per heavy atom. The second-order valence-electron chi connectivity index (χ2n) is 5.23. The van der Waals surface area contributed by atoms with E-state index in [4.69, 9.17) is 9.84 Å². The fourth-order valence-corrected chi connectivity index (χ4v) is 2.21. The number of rotatable bonds is 6. The largest absolute Gasteiger partial charge is 0.489 e. The van der Waals surface area contributed by atoms with Crippen LogP contribution in [0.4, 0.5) is 0 Å². The van der Waals surface area contributed by atoms with Crippen molar-refractivity contribution in [3.63, 3.8) is 0 Å². The molecule has 1 N–H and O–H groups in total. The summed E-state index contributed by atoms with van der Waals surface area (Å²) in [5.41, 5.74) is 3.22. The number of aryl methyl sites for hydroxylation is 1. The van der Waals surface area contributed by atoms with Gasteiger partial charge < -0.3 is 9.84 Å². The fraction of sp³-hybridized carbons (Fsp3) is 0.235. The van der Waals surface area contributed by atoms with Crippen LogP contribution in [0.3, 0.4) is 0 Å². The summed E-state index contributed by atoms with van der Waals surface area (Å²) < 4.78 is 5.79. The van der Waals surface area contributed by atoms with Crippen LogP contribution < -0.4 is 4.74 Å². The topological polar surface area (TPSA) is 73.1 Å². The lowest BCUT2D eigenvalue weighted by molar-refractivity contribution is 0.259. The van der Waals surface area contributed by atoms with Crippen LogP contribution in [0.1, 0.15) is 11.1 Å². The molecule has 1 aromatic heterocycles. The van der Waals surface area contributed by atoms with Crippen molar-refractivity contribution in [2.45, 2.75) is 20.1 Å². The maximum atomic E-state index is 8.86. The minimum Gasteiger partial charge on any atom is -0.489 e. The zero-order chi connectivity index (χ0) is 16.1. The molecule has 0 atom stereocenters. The highest BCUT2D eigenvalue weighted by Crippen LogP contribution is 2.19. The predicted octanol–water partition coefficient (Wildman–Crippen LogP) is 2.22. The number of tetrazole rings is 1. The molecule has 23 heavy (non-hydrogen) atoms. The van der Waals surface area contributed by atoms with E-state index in [1.165, 1.54) is 10.4 Å². The van der Waals surface area contributed by atoms with E-state index in [1.807, 2.05) is 36.4 Å². The highest BCUT2D eigenvalue weighted by molar-refractivity contribution is 5.55. The van der Waals surface area contributed by atoms with Gasteiger partial charge in [0.25, 0.3) is 0 Å². The molecule has 3 aromatic rings. The molecule has 0 radical (unpaired) electrons. The van der Waals surface area contributed by atoms with E-state index in [1.54, 1.807) is 0 Å². The van der Waals surface area contributed by atoms with Crippen molar-refractivity contribution >= 4 is 0 Å². The molecule has 0 aliphatic heterocycles. The van der Waals surface area contributed by atoms with E-state index in [0.717, 1.165) is 16.9 Å². The lowest BCUT2D eigenvalue weighted by Gasteiger charge is -2.07. The van der Waals surface area contributed by atoms with Crippen LogP contribution >= 0.6 is 0 Å². The number of hydrogen-bond donors (Lipinski definition) is 1. The van der Waals surface area contributed by atoms with Crippen LogP contribution in [-0.2, 0) is 13.2 Å². The van der Waals surface area contributed by atoms with Gasteiger partial charge in [-0.1, -0.05) is 29.8 Å². The predicted molar refractivity (Wildman–Crippen MR) is 85.8 cm³/mol. The van der Waals surface area contributed by atoms with Gasteiger partial charge in [-0.15, -0.1) is 10.2 Å². The summed E-state index contributed by atoms with van der Waals surface area (Å²) in [6.07, 6.45) is 0. The van der Waals surface area contributed by atoms with Gasteiger partial charge in [0.15, 0.2) is 0 Å². The summed E-state index contributed by atoms with van der Waals surface area (Å²) in [7, 11) is 0. The van der Waals surface area contributed by atoms with Crippen molar-refractivity contribution in [3.05, 3.63) is 59.7 Å². The zero-order valence-corrected chi connectivity index (χ0v) is 12.9. The molecule has 3 rings (SSSR count). The number of benzene rings is 2. The highest BCUT2D eigenvalue weighted by atomic mass is 16.5. The smallest absolute Gasteiger partial charge is 0.204 e. The Hall–Kier alpha value is -2.73. The number of aliphatic hydroxyl groups excluding tert-OH is 1. The van der Waals surface area contributed by atoms with Gasteiger partial charge in [-0.3, -0.25) is 0 Å². The van der Waals surface area contributed by atoms with E-state index >= 15 is 0 Å². The summed E-state index contributed by atoms with van der Waals surface area (Å²) >= 11 is 0. The van der Waals surface area contributed by atoms with Crippen molar-refractivity contribution in [1.29, 1.82) is 0 Å². The number of ether oxygens (including phenoxy) is 1. The molecule has 0 bridgehead atoms. The maximum Gasteiger partial charge on any atom is 0.204 e. The van der Waals surface area contributed by atoms with E-state index in [-0.39, 0.29) is 6.61 Å². The molecule has 0 saturated carbocycles. The summed E-state index contributed by atoms with van der Waals surface area (Å²) in [5, 5.41) is 20.9. The first kappa shape index (κ1) is 15.2. The standard InChI is InChI=1S/C17H18N4O2/c1-13-3-2-4-14(11-13)12-23-16-7-5-15(6-8-16)17-18-20-21(19-17)9-10-22/h2-8,11,22H,9-10,12H2,1H3. The van der Waals surface area contributed by atoms with Crippen LogP contribution in [0, 0.1) is 6.92 Å². The Kier molecular flexibility index (Phi) is 4.63. The van der Waals surface area contributed by atoms with Gasteiger partial charge in [-0.2, -0.15) is 4.80 Å². The van der Waals surface area contributed by atoms with Gasteiger partial charge >= 0.3 is 0 Å². The van der Waals surface area contributed by atoms with E-state index in [0.29, 0.717) is 19.0 Å². The van der Waals surface area contributed by atoms with Crippen molar-refractivity contribution in [3.8, 4) is 17.1 Å². The fourth-order valence-electron chi connectivity index (χ4n) is 2.21. The van der Waals surface area contributed by atoms with Gasteiger partial charge in [0.1, 0.15) is 12.4 Å². The van der Waals surface area contributed by atoms with E-state index < -0.39 is 0 Å². The molecule has 0 aliphatic carbocycles. The van der Waals surface area contributed by atoms with Crippen LogP contribution in [0.5, 0.6) is 5.75 Å². The lowest BCUT2D eigenvalue weighted by Crippen LogP contribution is -2.05. The molecule has 2 aromatic carbocycles. The Morgan fingerprint density at radius 1 is 1.13 bits per heavy atom. The lowest BCUT2D eigenvalue weighted by atomic mass is 10.1. The molecule has 118 valence electrons. The first-order chi connectivity index (χ1) is 11.2. The van der Waals surface area contributed by atoms with Crippen molar-refractivity contribution in [2.75, 3.05) is 6.61 Å². The third kappa shape index (κ3) is 3.92. The molecule has 0 aliphatic rings. The monoisotopic (exact) mass is 310 g/mol.